The van der Waals surface area contributed by atoms with Crippen molar-refractivity contribution in [2.24, 2.45) is 7.05 Å². The van der Waals surface area contributed by atoms with Crippen LogP contribution >= 0.6 is 0 Å². The fourth-order valence-corrected chi connectivity index (χ4v) is 1.46. The molecule has 2 aromatic rings. The Morgan fingerprint density at radius 2 is 2.15 bits per heavy atom. The van der Waals surface area contributed by atoms with E-state index in [1.165, 1.54) is 7.11 Å². The van der Waals surface area contributed by atoms with E-state index in [0.29, 0.717) is 4.68 Å². The lowest BCUT2D eigenvalue weighted by molar-refractivity contribution is -0.143. The SMILES string of the molecule is COC(=O)Cc1nnc(-c2cc(C(F)(F)F)n(C)n2)o1. The lowest BCUT2D eigenvalue weighted by Crippen LogP contribution is -2.11. The Balaban J connectivity index is 2.27. The molecule has 20 heavy (non-hydrogen) atoms. The number of hydrogen-bond donors (Lipinski definition) is 0. The van der Waals surface area contributed by atoms with E-state index in [1.807, 2.05) is 0 Å². The van der Waals surface area contributed by atoms with Crippen LogP contribution in [0.4, 0.5) is 13.2 Å². The second-order valence-corrected chi connectivity index (χ2v) is 3.79. The minimum absolute atomic E-state index is 0.0638. The first-order valence-corrected chi connectivity index (χ1v) is 5.32. The number of rotatable bonds is 3. The van der Waals surface area contributed by atoms with Crippen LogP contribution in [0.2, 0.25) is 0 Å². The van der Waals surface area contributed by atoms with E-state index in [0.717, 1.165) is 13.1 Å². The molecule has 0 aliphatic carbocycles. The molecule has 0 radical (unpaired) electrons. The summed E-state index contributed by atoms with van der Waals surface area (Å²) in [6.45, 7) is 0. The Labute approximate surface area is 110 Å². The van der Waals surface area contributed by atoms with E-state index >= 15 is 0 Å². The van der Waals surface area contributed by atoms with E-state index in [4.69, 9.17) is 4.42 Å². The molecule has 0 N–H and O–H groups in total. The van der Waals surface area contributed by atoms with Gasteiger partial charge >= 0.3 is 12.1 Å². The third-order valence-electron chi connectivity index (χ3n) is 2.38. The van der Waals surface area contributed by atoms with Crippen LogP contribution in [-0.4, -0.2) is 33.1 Å². The summed E-state index contributed by atoms with van der Waals surface area (Å²) in [5.74, 6) is -0.863. The van der Waals surface area contributed by atoms with Gasteiger partial charge in [0.05, 0.1) is 7.11 Å². The topological polar surface area (TPSA) is 83.0 Å². The summed E-state index contributed by atoms with van der Waals surface area (Å²) in [5.41, 5.74) is -1.07. The molecule has 7 nitrogen and oxygen atoms in total. The van der Waals surface area contributed by atoms with E-state index in [1.54, 1.807) is 0 Å². The molecule has 0 amide bonds. The lowest BCUT2D eigenvalue weighted by atomic mass is 10.3. The molecule has 0 fully saturated rings. The summed E-state index contributed by atoms with van der Waals surface area (Å²) in [5, 5.41) is 10.7. The van der Waals surface area contributed by atoms with Crippen LogP contribution in [0.15, 0.2) is 10.5 Å². The third kappa shape index (κ3) is 2.78. The molecule has 0 aliphatic heterocycles. The number of hydrogen-bond acceptors (Lipinski definition) is 6. The average Bonchev–Trinajstić information content (AvgIpc) is 2.94. The maximum absolute atomic E-state index is 12.6. The highest BCUT2D eigenvalue weighted by Gasteiger charge is 2.35. The molecule has 108 valence electrons. The van der Waals surface area contributed by atoms with Gasteiger partial charge in [-0.15, -0.1) is 10.2 Å². The number of carbonyl (C=O) groups is 1. The van der Waals surface area contributed by atoms with Gasteiger partial charge in [-0.2, -0.15) is 18.3 Å². The summed E-state index contributed by atoms with van der Waals surface area (Å²) in [7, 11) is 2.34. The highest BCUT2D eigenvalue weighted by Crippen LogP contribution is 2.31. The normalized spacial score (nSPS) is 11.7. The number of aromatic nitrogens is 4. The molecule has 0 spiro atoms. The van der Waals surface area contributed by atoms with Gasteiger partial charge in [-0.1, -0.05) is 0 Å². The number of carbonyl (C=O) groups excluding carboxylic acids is 1. The number of alkyl halides is 3. The van der Waals surface area contributed by atoms with Crippen LogP contribution in [0, 0.1) is 0 Å². The Kier molecular flexibility index (Phi) is 3.47. The fourth-order valence-electron chi connectivity index (χ4n) is 1.46. The molecular weight excluding hydrogens is 281 g/mol. The van der Waals surface area contributed by atoms with Crippen LogP contribution in [-0.2, 0) is 29.2 Å². The highest BCUT2D eigenvalue weighted by molar-refractivity contribution is 5.71. The van der Waals surface area contributed by atoms with E-state index in [9.17, 15) is 18.0 Å². The Bertz CT molecular complexity index is 632. The van der Waals surface area contributed by atoms with Gasteiger partial charge in [0.2, 0.25) is 5.89 Å². The number of aryl methyl sites for hydroxylation is 1. The Morgan fingerprint density at radius 1 is 1.45 bits per heavy atom. The predicted molar refractivity (Wildman–Crippen MR) is 57.2 cm³/mol. The van der Waals surface area contributed by atoms with Gasteiger partial charge in [-0.05, 0) is 0 Å². The van der Waals surface area contributed by atoms with Crippen molar-refractivity contribution in [3.63, 3.8) is 0 Å². The molecule has 0 saturated heterocycles. The van der Waals surface area contributed by atoms with Gasteiger partial charge in [0.25, 0.3) is 5.89 Å². The second-order valence-electron chi connectivity index (χ2n) is 3.79. The lowest BCUT2D eigenvalue weighted by Gasteiger charge is -2.04. The molecule has 0 aromatic carbocycles. The van der Waals surface area contributed by atoms with Crippen molar-refractivity contribution in [2.75, 3.05) is 7.11 Å². The zero-order valence-electron chi connectivity index (χ0n) is 10.4. The molecule has 10 heteroatoms. The second kappa shape index (κ2) is 4.94. The van der Waals surface area contributed by atoms with Crippen molar-refractivity contribution < 1.29 is 27.1 Å². The molecule has 0 atom stereocenters. The Hall–Kier alpha value is -2.39. The number of halogens is 3. The summed E-state index contributed by atoms with van der Waals surface area (Å²) >= 11 is 0. The van der Waals surface area contributed by atoms with Crippen LogP contribution in [0.25, 0.3) is 11.6 Å². The maximum Gasteiger partial charge on any atom is 0.433 e. The molecule has 2 heterocycles. The van der Waals surface area contributed by atoms with E-state index in [2.05, 4.69) is 20.0 Å². The van der Waals surface area contributed by atoms with Crippen molar-refractivity contribution in [2.45, 2.75) is 12.6 Å². The van der Waals surface area contributed by atoms with Crippen molar-refractivity contribution in [3.05, 3.63) is 17.7 Å². The van der Waals surface area contributed by atoms with E-state index in [-0.39, 0.29) is 23.9 Å². The van der Waals surface area contributed by atoms with Crippen LogP contribution in [0.3, 0.4) is 0 Å². The van der Waals surface area contributed by atoms with E-state index < -0.39 is 17.8 Å². The largest absolute Gasteiger partial charge is 0.469 e. The number of esters is 1. The number of methoxy groups -OCH3 is 1. The summed E-state index contributed by atoms with van der Waals surface area (Å²) in [6, 6.07) is 0.787. The molecular formula is C10H9F3N4O3. The predicted octanol–water partition coefficient (Wildman–Crippen LogP) is 1.20. The zero-order chi connectivity index (χ0) is 14.9. The summed E-state index contributed by atoms with van der Waals surface area (Å²) in [4.78, 5) is 11.0. The van der Waals surface area contributed by atoms with Gasteiger partial charge in [0, 0.05) is 13.1 Å². The molecule has 0 aliphatic rings. The monoisotopic (exact) mass is 290 g/mol. The van der Waals surface area contributed by atoms with Crippen LogP contribution in [0.5, 0.6) is 0 Å². The van der Waals surface area contributed by atoms with Crippen molar-refractivity contribution in [1.29, 1.82) is 0 Å². The van der Waals surface area contributed by atoms with Gasteiger partial charge in [0.15, 0.2) is 0 Å². The molecule has 0 saturated carbocycles. The molecule has 2 rings (SSSR count). The van der Waals surface area contributed by atoms with Gasteiger partial charge < -0.3 is 9.15 Å². The average molecular weight is 290 g/mol. The van der Waals surface area contributed by atoms with Crippen molar-refractivity contribution in [1.82, 2.24) is 20.0 Å². The van der Waals surface area contributed by atoms with Crippen molar-refractivity contribution in [3.8, 4) is 11.6 Å². The smallest absolute Gasteiger partial charge is 0.433 e. The van der Waals surface area contributed by atoms with Gasteiger partial charge in [0.1, 0.15) is 17.8 Å². The summed E-state index contributed by atoms with van der Waals surface area (Å²) < 4.78 is 48.0. The molecule has 0 bridgehead atoms. The van der Waals surface area contributed by atoms with Gasteiger partial charge in [-0.3, -0.25) is 9.48 Å². The fraction of sp³-hybridized carbons (Fsp3) is 0.400. The first-order chi connectivity index (χ1) is 9.31. The first-order valence-electron chi connectivity index (χ1n) is 5.32. The number of nitrogens with zero attached hydrogens (tertiary/aromatic N) is 4. The standard InChI is InChI=1S/C10H9F3N4O3/c1-17-6(10(11,12)13)3-5(16-17)9-15-14-7(20-9)4-8(18)19-2/h3H,4H2,1-2H3. The van der Waals surface area contributed by atoms with Gasteiger partial charge in [-0.25, -0.2) is 0 Å². The van der Waals surface area contributed by atoms with Crippen molar-refractivity contribution >= 4 is 5.97 Å². The highest BCUT2D eigenvalue weighted by atomic mass is 19.4. The third-order valence-corrected chi connectivity index (χ3v) is 2.38. The van der Waals surface area contributed by atoms with Crippen LogP contribution < -0.4 is 0 Å². The van der Waals surface area contributed by atoms with Crippen LogP contribution in [0.1, 0.15) is 11.6 Å². The number of ether oxygens (including phenoxy) is 1. The molecule has 2 aromatic heterocycles. The Morgan fingerprint density at radius 3 is 2.70 bits per heavy atom. The minimum Gasteiger partial charge on any atom is -0.469 e. The summed E-state index contributed by atoms with van der Waals surface area (Å²) in [6.07, 6.45) is -4.79. The first kappa shape index (κ1) is 14.0. The zero-order valence-corrected chi connectivity index (χ0v) is 10.4. The minimum atomic E-state index is -4.53. The quantitative estimate of drug-likeness (QED) is 0.790. The maximum atomic E-state index is 12.6. The molecule has 0 unspecified atom stereocenters.